The molecule has 0 saturated carbocycles. The van der Waals surface area contributed by atoms with Crippen LogP contribution in [-0.2, 0) is 25.4 Å². The van der Waals surface area contributed by atoms with E-state index in [1.54, 1.807) is 36.8 Å². The maximum atomic E-state index is 12.7. The highest BCUT2D eigenvalue weighted by Crippen LogP contribution is 2.28. The Bertz CT molecular complexity index is 1030. The molecule has 0 atom stereocenters. The SMILES string of the molecule is COc1ccc(CCn2cc(NC(=O)c3cc(C(C)(C)C)nn3C)cn2)cc1OC. The fourth-order valence-corrected chi connectivity index (χ4v) is 3.07. The lowest BCUT2D eigenvalue weighted by Gasteiger charge is -2.13. The van der Waals surface area contributed by atoms with Crippen molar-refractivity contribution < 1.29 is 14.3 Å². The van der Waals surface area contributed by atoms with Gasteiger partial charge in [-0.05, 0) is 30.2 Å². The van der Waals surface area contributed by atoms with Gasteiger partial charge in [0.25, 0.3) is 5.91 Å². The third kappa shape index (κ3) is 4.82. The van der Waals surface area contributed by atoms with Gasteiger partial charge in [0.2, 0.25) is 0 Å². The summed E-state index contributed by atoms with van der Waals surface area (Å²) in [4.78, 5) is 12.7. The van der Waals surface area contributed by atoms with Crippen LogP contribution in [0.3, 0.4) is 0 Å². The molecule has 8 heteroatoms. The molecular formula is C22H29N5O3. The van der Waals surface area contributed by atoms with E-state index >= 15 is 0 Å². The highest BCUT2D eigenvalue weighted by molar-refractivity contribution is 6.03. The van der Waals surface area contributed by atoms with E-state index in [0.29, 0.717) is 29.4 Å². The van der Waals surface area contributed by atoms with Gasteiger partial charge in [-0.2, -0.15) is 10.2 Å². The minimum atomic E-state index is -0.208. The summed E-state index contributed by atoms with van der Waals surface area (Å²) in [6.07, 6.45) is 4.24. The van der Waals surface area contributed by atoms with E-state index in [-0.39, 0.29) is 11.3 Å². The predicted octanol–water partition coefficient (Wildman–Crippen LogP) is 3.43. The van der Waals surface area contributed by atoms with Gasteiger partial charge in [-0.3, -0.25) is 14.2 Å². The normalized spacial score (nSPS) is 11.4. The van der Waals surface area contributed by atoms with E-state index in [1.807, 2.05) is 30.5 Å². The standard InChI is InChI=1S/C22H29N5O3/c1-22(2,3)20-12-17(26(4)25-20)21(28)24-16-13-23-27(14-16)10-9-15-7-8-18(29-5)19(11-15)30-6/h7-8,11-14H,9-10H2,1-6H3,(H,24,28). The van der Waals surface area contributed by atoms with Crippen LogP contribution in [0, 0.1) is 0 Å². The van der Waals surface area contributed by atoms with E-state index in [9.17, 15) is 4.79 Å². The fraction of sp³-hybridized carbons (Fsp3) is 0.409. The Labute approximate surface area is 176 Å². The molecule has 0 bridgehead atoms. The summed E-state index contributed by atoms with van der Waals surface area (Å²) >= 11 is 0. The predicted molar refractivity (Wildman–Crippen MR) is 115 cm³/mol. The van der Waals surface area contributed by atoms with Crippen LogP contribution in [0.2, 0.25) is 0 Å². The topological polar surface area (TPSA) is 83.2 Å². The van der Waals surface area contributed by atoms with E-state index in [2.05, 4.69) is 36.3 Å². The third-order valence-electron chi connectivity index (χ3n) is 4.85. The van der Waals surface area contributed by atoms with Gasteiger partial charge in [0.15, 0.2) is 11.5 Å². The maximum Gasteiger partial charge on any atom is 0.274 e. The van der Waals surface area contributed by atoms with Gasteiger partial charge >= 0.3 is 0 Å². The second-order valence-electron chi connectivity index (χ2n) is 8.17. The summed E-state index contributed by atoms with van der Waals surface area (Å²) in [5, 5.41) is 11.7. The second kappa shape index (κ2) is 8.61. The number of hydrogen-bond donors (Lipinski definition) is 1. The van der Waals surface area contributed by atoms with Gasteiger partial charge in [-0.15, -0.1) is 0 Å². The van der Waals surface area contributed by atoms with Crippen LogP contribution >= 0.6 is 0 Å². The molecule has 2 heterocycles. The molecule has 2 aromatic heterocycles. The Balaban J connectivity index is 1.63. The monoisotopic (exact) mass is 411 g/mol. The van der Waals surface area contributed by atoms with Crippen LogP contribution in [-0.4, -0.2) is 39.7 Å². The first-order chi connectivity index (χ1) is 14.2. The summed E-state index contributed by atoms with van der Waals surface area (Å²) in [5.74, 6) is 1.20. The zero-order valence-corrected chi connectivity index (χ0v) is 18.4. The molecule has 0 unspecified atom stereocenters. The number of methoxy groups -OCH3 is 2. The first-order valence-corrected chi connectivity index (χ1v) is 9.80. The number of hydrogen-bond acceptors (Lipinski definition) is 5. The van der Waals surface area contributed by atoms with Gasteiger partial charge in [0.1, 0.15) is 5.69 Å². The van der Waals surface area contributed by atoms with Crippen molar-refractivity contribution in [2.45, 2.75) is 39.2 Å². The quantitative estimate of drug-likeness (QED) is 0.644. The lowest BCUT2D eigenvalue weighted by molar-refractivity contribution is 0.101. The number of rotatable bonds is 7. The number of anilines is 1. The Morgan fingerprint density at radius 1 is 1.13 bits per heavy atom. The summed E-state index contributed by atoms with van der Waals surface area (Å²) in [6, 6.07) is 7.68. The van der Waals surface area contributed by atoms with Gasteiger partial charge in [0, 0.05) is 25.2 Å². The van der Waals surface area contributed by atoms with Crippen LogP contribution < -0.4 is 14.8 Å². The molecule has 30 heavy (non-hydrogen) atoms. The molecule has 1 amide bonds. The second-order valence-corrected chi connectivity index (χ2v) is 8.17. The molecule has 0 radical (unpaired) electrons. The number of nitrogens with zero attached hydrogens (tertiary/aromatic N) is 4. The lowest BCUT2D eigenvalue weighted by atomic mass is 9.92. The number of ether oxygens (including phenoxy) is 2. The lowest BCUT2D eigenvalue weighted by Crippen LogP contribution is -2.15. The van der Waals surface area contributed by atoms with Crippen molar-refractivity contribution in [2.75, 3.05) is 19.5 Å². The number of carbonyl (C=O) groups excluding carboxylic acids is 1. The van der Waals surface area contributed by atoms with Crippen molar-refractivity contribution in [3.63, 3.8) is 0 Å². The molecule has 8 nitrogen and oxygen atoms in total. The average molecular weight is 412 g/mol. The van der Waals surface area contributed by atoms with Crippen molar-refractivity contribution in [1.82, 2.24) is 19.6 Å². The molecular weight excluding hydrogens is 382 g/mol. The number of carbonyl (C=O) groups is 1. The molecule has 0 fully saturated rings. The van der Waals surface area contributed by atoms with Crippen molar-refractivity contribution in [2.24, 2.45) is 7.05 Å². The van der Waals surface area contributed by atoms with Crippen LogP contribution in [0.25, 0.3) is 0 Å². The zero-order valence-electron chi connectivity index (χ0n) is 18.4. The Morgan fingerprint density at radius 3 is 2.50 bits per heavy atom. The molecule has 0 aliphatic heterocycles. The van der Waals surface area contributed by atoms with Gasteiger partial charge in [-0.1, -0.05) is 26.8 Å². The minimum absolute atomic E-state index is 0.120. The molecule has 3 aromatic rings. The minimum Gasteiger partial charge on any atom is -0.493 e. The molecule has 3 rings (SSSR count). The summed E-state index contributed by atoms with van der Waals surface area (Å²) in [6.45, 7) is 6.88. The van der Waals surface area contributed by atoms with Gasteiger partial charge in [-0.25, -0.2) is 0 Å². The molecule has 0 aliphatic carbocycles. The van der Waals surface area contributed by atoms with Crippen LogP contribution in [0.5, 0.6) is 11.5 Å². The molecule has 1 aromatic carbocycles. The first-order valence-electron chi connectivity index (χ1n) is 9.80. The number of nitrogens with one attached hydrogen (secondary N) is 1. The Morgan fingerprint density at radius 2 is 1.87 bits per heavy atom. The van der Waals surface area contributed by atoms with Crippen molar-refractivity contribution in [3.05, 3.63) is 53.6 Å². The van der Waals surface area contributed by atoms with Crippen molar-refractivity contribution >= 4 is 11.6 Å². The van der Waals surface area contributed by atoms with Crippen molar-refractivity contribution in [1.29, 1.82) is 0 Å². The molecule has 160 valence electrons. The highest BCUT2D eigenvalue weighted by Gasteiger charge is 2.22. The molecule has 0 saturated heterocycles. The highest BCUT2D eigenvalue weighted by atomic mass is 16.5. The Kier molecular flexibility index (Phi) is 6.14. The number of aromatic nitrogens is 4. The molecule has 0 spiro atoms. The van der Waals surface area contributed by atoms with E-state index in [1.165, 1.54) is 0 Å². The van der Waals surface area contributed by atoms with E-state index in [0.717, 1.165) is 17.7 Å². The average Bonchev–Trinajstić information content (AvgIpc) is 3.32. The summed E-state index contributed by atoms with van der Waals surface area (Å²) in [7, 11) is 5.01. The first kappa shape index (κ1) is 21.4. The van der Waals surface area contributed by atoms with Crippen LogP contribution in [0.4, 0.5) is 5.69 Å². The molecule has 1 N–H and O–H groups in total. The van der Waals surface area contributed by atoms with E-state index in [4.69, 9.17) is 9.47 Å². The van der Waals surface area contributed by atoms with E-state index < -0.39 is 0 Å². The van der Waals surface area contributed by atoms with Gasteiger partial charge < -0.3 is 14.8 Å². The van der Waals surface area contributed by atoms with Gasteiger partial charge in [0.05, 0.1) is 31.8 Å². The fourth-order valence-electron chi connectivity index (χ4n) is 3.07. The summed E-state index contributed by atoms with van der Waals surface area (Å²) < 4.78 is 14.0. The third-order valence-corrected chi connectivity index (χ3v) is 4.85. The van der Waals surface area contributed by atoms with Crippen LogP contribution in [0.15, 0.2) is 36.7 Å². The van der Waals surface area contributed by atoms with Crippen molar-refractivity contribution in [3.8, 4) is 11.5 Å². The smallest absolute Gasteiger partial charge is 0.274 e. The zero-order chi connectivity index (χ0) is 21.9. The summed E-state index contributed by atoms with van der Waals surface area (Å²) in [5.41, 5.74) is 3.02. The number of benzene rings is 1. The maximum absolute atomic E-state index is 12.7. The van der Waals surface area contributed by atoms with Crippen LogP contribution in [0.1, 0.15) is 42.5 Å². The number of amides is 1. The number of aryl methyl sites for hydroxylation is 3. The Hall–Kier alpha value is -3.29. The molecule has 0 aliphatic rings. The largest absolute Gasteiger partial charge is 0.493 e.